The number of carbonyl (C=O) groups is 1. The van der Waals surface area contributed by atoms with Gasteiger partial charge in [-0.1, -0.05) is 12.1 Å². The van der Waals surface area contributed by atoms with E-state index in [4.69, 9.17) is 14.2 Å². The Morgan fingerprint density at radius 3 is 3.00 bits per heavy atom. The van der Waals surface area contributed by atoms with E-state index in [9.17, 15) is 9.18 Å². The predicted octanol–water partition coefficient (Wildman–Crippen LogP) is 2.56. The Balaban J connectivity index is 1.51. The van der Waals surface area contributed by atoms with Crippen LogP contribution in [-0.2, 0) is 24.3 Å². The van der Waals surface area contributed by atoms with Gasteiger partial charge in [0, 0.05) is 18.5 Å². The zero-order valence-electron chi connectivity index (χ0n) is 12.9. The van der Waals surface area contributed by atoms with Crippen LogP contribution in [0.25, 0.3) is 0 Å². The molecule has 2 aromatic carbocycles. The maximum absolute atomic E-state index is 13.7. The van der Waals surface area contributed by atoms with E-state index in [1.54, 1.807) is 0 Å². The Morgan fingerprint density at radius 2 is 2.08 bits per heavy atom. The average molecular weight is 329 g/mol. The third-order valence-corrected chi connectivity index (χ3v) is 4.13. The van der Waals surface area contributed by atoms with Crippen molar-refractivity contribution < 1.29 is 23.4 Å². The maximum atomic E-state index is 13.7. The van der Waals surface area contributed by atoms with Crippen molar-refractivity contribution in [1.29, 1.82) is 0 Å². The van der Waals surface area contributed by atoms with Gasteiger partial charge in [-0.25, -0.2) is 4.39 Å². The third-order valence-electron chi connectivity index (χ3n) is 4.13. The van der Waals surface area contributed by atoms with Crippen LogP contribution in [0, 0.1) is 5.82 Å². The molecule has 0 saturated carbocycles. The highest BCUT2D eigenvalue weighted by molar-refractivity contribution is 5.97. The molecule has 2 aromatic rings. The van der Waals surface area contributed by atoms with Gasteiger partial charge in [-0.2, -0.15) is 0 Å². The van der Waals surface area contributed by atoms with Crippen molar-refractivity contribution in [3.05, 3.63) is 58.4 Å². The number of benzene rings is 2. The van der Waals surface area contributed by atoms with E-state index < -0.39 is 5.82 Å². The van der Waals surface area contributed by atoms with Gasteiger partial charge in [-0.05, 0) is 29.3 Å². The van der Waals surface area contributed by atoms with E-state index in [-0.39, 0.29) is 24.9 Å². The molecule has 0 atom stereocenters. The van der Waals surface area contributed by atoms with Crippen LogP contribution in [0.1, 0.15) is 27.0 Å². The Bertz CT molecular complexity index is 806. The summed E-state index contributed by atoms with van der Waals surface area (Å²) in [4.78, 5) is 12.5. The molecular weight excluding hydrogens is 313 g/mol. The second kappa shape index (κ2) is 6.13. The highest BCUT2D eigenvalue weighted by atomic mass is 19.1. The van der Waals surface area contributed by atoms with E-state index in [1.165, 1.54) is 12.1 Å². The Morgan fingerprint density at radius 1 is 1.17 bits per heavy atom. The summed E-state index contributed by atoms with van der Waals surface area (Å²) in [6.45, 7) is 1.34. The number of fused-ring (bicyclic) bond motifs is 2. The molecule has 5 nitrogen and oxygen atoms in total. The molecule has 4 rings (SSSR count). The number of halogens is 1. The molecule has 0 spiro atoms. The molecule has 1 N–H and O–H groups in total. The van der Waals surface area contributed by atoms with Crippen LogP contribution in [0.3, 0.4) is 0 Å². The lowest BCUT2D eigenvalue weighted by atomic mass is 10.1. The second-order valence-electron chi connectivity index (χ2n) is 5.78. The smallest absolute Gasteiger partial charge is 0.255 e. The second-order valence-corrected chi connectivity index (χ2v) is 5.78. The van der Waals surface area contributed by atoms with Crippen LogP contribution < -0.4 is 14.8 Å². The summed E-state index contributed by atoms with van der Waals surface area (Å²) in [5, 5.41) is 2.82. The zero-order valence-corrected chi connectivity index (χ0v) is 12.9. The van der Waals surface area contributed by atoms with Gasteiger partial charge in [0.2, 0.25) is 0 Å². The molecule has 0 bridgehead atoms. The van der Waals surface area contributed by atoms with Gasteiger partial charge < -0.3 is 19.5 Å². The van der Waals surface area contributed by atoms with Crippen molar-refractivity contribution in [3.8, 4) is 11.5 Å². The molecule has 24 heavy (non-hydrogen) atoms. The number of nitrogens with one attached hydrogen (secondary N) is 1. The van der Waals surface area contributed by atoms with Crippen molar-refractivity contribution in [2.24, 2.45) is 0 Å². The lowest BCUT2D eigenvalue weighted by Crippen LogP contribution is -2.25. The van der Waals surface area contributed by atoms with Crippen molar-refractivity contribution in [3.63, 3.8) is 0 Å². The fourth-order valence-corrected chi connectivity index (χ4v) is 2.98. The highest BCUT2D eigenvalue weighted by Crippen LogP contribution is 2.30. The number of rotatable bonds is 3. The Labute approximate surface area is 138 Å². The van der Waals surface area contributed by atoms with E-state index in [0.717, 1.165) is 23.3 Å². The lowest BCUT2D eigenvalue weighted by molar-refractivity contribution is -0.0170. The summed E-state index contributed by atoms with van der Waals surface area (Å²) in [6.07, 6.45) is 0.877. The molecule has 2 heterocycles. The minimum Gasteiger partial charge on any atom is -0.493 e. The number of hydrogen-bond acceptors (Lipinski definition) is 4. The first kappa shape index (κ1) is 15.0. The van der Waals surface area contributed by atoms with Crippen LogP contribution in [0.4, 0.5) is 4.39 Å². The molecule has 2 aliphatic rings. The number of ether oxygens (including phenoxy) is 3. The SMILES string of the molecule is O=C(NCc1ccc2c(c1)CCO2)c1cc(F)cc2c1OCOC2. The first-order valence-electron chi connectivity index (χ1n) is 7.76. The van der Waals surface area contributed by atoms with E-state index >= 15 is 0 Å². The molecule has 0 radical (unpaired) electrons. The fraction of sp³-hybridized carbons (Fsp3) is 0.278. The average Bonchev–Trinajstić information content (AvgIpc) is 3.06. The zero-order chi connectivity index (χ0) is 16.5. The monoisotopic (exact) mass is 329 g/mol. The predicted molar refractivity (Wildman–Crippen MR) is 83.5 cm³/mol. The van der Waals surface area contributed by atoms with Crippen LogP contribution >= 0.6 is 0 Å². The quantitative estimate of drug-likeness (QED) is 0.940. The first-order chi connectivity index (χ1) is 11.7. The summed E-state index contributed by atoms with van der Waals surface area (Å²) in [5.41, 5.74) is 2.85. The summed E-state index contributed by atoms with van der Waals surface area (Å²) in [7, 11) is 0. The number of amides is 1. The van der Waals surface area contributed by atoms with Crippen LogP contribution in [-0.4, -0.2) is 19.3 Å². The van der Waals surface area contributed by atoms with Crippen LogP contribution in [0.2, 0.25) is 0 Å². The van der Waals surface area contributed by atoms with Crippen molar-refractivity contribution in [2.75, 3.05) is 13.4 Å². The molecule has 0 fully saturated rings. The largest absolute Gasteiger partial charge is 0.493 e. The highest BCUT2D eigenvalue weighted by Gasteiger charge is 2.21. The van der Waals surface area contributed by atoms with E-state index in [2.05, 4.69) is 5.32 Å². The van der Waals surface area contributed by atoms with Crippen LogP contribution in [0.5, 0.6) is 11.5 Å². The number of hydrogen-bond donors (Lipinski definition) is 1. The van der Waals surface area contributed by atoms with Gasteiger partial charge in [0.15, 0.2) is 6.79 Å². The van der Waals surface area contributed by atoms with Crippen molar-refractivity contribution >= 4 is 5.91 Å². The molecule has 1 amide bonds. The lowest BCUT2D eigenvalue weighted by Gasteiger charge is -2.20. The molecule has 6 heteroatoms. The van der Waals surface area contributed by atoms with Gasteiger partial charge in [0.25, 0.3) is 5.91 Å². The summed E-state index contributed by atoms with van der Waals surface area (Å²) >= 11 is 0. The van der Waals surface area contributed by atoms with Gasteiger partial charge in [-0.15, -0.1) is 0 Å². The normalized spacial score (nSPS) is 15.0. The number of carbonyl (C=O) groups excluding carboxylic acids is 1. The van der Waals surface area contributed by atoms with E-state index in [0.29, 0.717) is 24.5 Å². The molecule has 0 unspecified atom stereocenters. The Kier molecular flexibility index (Phi) is 3.82. The summed E-state index contributed by atoms with van der Waals surface area (Å²) in [5.74, 6) is 0.437. The molecule has 0 aromatic heterocycles. The molecular formula is C18H16FNO4. The van der Waals surface area contributed by atoms with E-state index in [1.807, 2.05) is 18.2 Å². The molecule has 2 aliphatic heterocycles. The minimum atomic E-state index is -0.484. The van der Waals surface area contributed by atoms with Gasteiger partial charge in [0.1, 0.15) is 17.3 Å². The minimum absolute atomic E-state index is 0.0593. The third kappa shape index (κ3) is 2.80. The maximum Gasteiger partial charge on any atom is 0.255 e. The summed E-state index contributed by atoms with van der Waals surface area (Å²) in [6, 6.07) is 8.36. The molecule has 0 aliphatic carbocycles. The fourth-order valence-electron chi connectivity index (χ4n) is 2.98. The summed E-state index contributed by atoms with van der Waals surface area (Å²) < 4.78 is 29.7. The van der Waals surface area contributed by atoms with Crippen molar-refractivity contribution in [2.45, 2.75) is 19.6 Å². The Hall–Kier alpha value is -2.60. The van der Waals surface area contributed by atoms with Gasteiger partial charge in [0.05, 0.1) is 18.8 Å². The van der Waals surface area contributed by atoms with Gasteiger partial charge in [-0.3, -0.25) is 4.79 Å². The van der Waals surface area contributed by atoms with Crippen LogP contribution in [0.15, 0.2) is 30.3 Å². The van der Waals surface area contributed by atoms with Crippen molar-refractivity contribution in [1.82, 2.24) is 5.32 Å². The van der Waals surface area contributed by atoms with Gasteiger partial charge >= 0.3 is 0 Å². The molecule has 124 valence electrons. The molecule has 0 saturated heterocycles. The topological polar surface area (TPSA) is 56.8 Å². The first-order valence-corrected chi connectivity index (χ1v) is 7.76. The standard InChI is InChI=1S/C18H16FNO4/c19-14-6-13-9-22-10-24-17(13)15(7-14)18(21)20-8-11-1-2-16-12(5-11)3-4-23-16/h1-2,5-7H,3-4,8-10H2,(H,20,21).